The molecule has 0 aromatic heterocycles. The van der Waals surface area contributed by atoms with Crippen LogP contribution in [0, 0.1) is 11.3 Å². The Labute approximate surface area is 125 Å². The normalized spacial score (nSPS) is 10.2. The fourth-order valence-electron chi connectivity index (χ4n) is 2.17. The molecule has 0 saturated heterocycles. The minimum atomic E-state index is 0.633. The number of nitriles is 1. The SMILES string of the molecule is N#Cc1ccc(Nc2cccc3ccccc23)cc1Br. The summed E-state index contributed by atoms with van der Waals surface area (Å²) in [5.74, 6) is 0. The van der Waals surface area contributed by atoms with Crippen LogP contribution < -0.4 is 5.32 Å². The van der Waals surface area contributed by atoms with Gasteiger partial charge < -0.3 is 5.32 Å². The van der Waals surface area contributed by atoms with Crippen molar-refractivity contribution in [2.75, 3.05) is 5.32 Å². The van der Waals surface area contributed by atoms with Crippen LogP contribution in [0.15, 0.2) is 65.1 Å². The summed E-state index contributed by atoms with van der Waals surface area (Å²) >= 11 is 3.41. The number of rotatable bonds is 2. The van der Waals surface area contributed by atoms with E-state index in [0.29, 0.717) is 5.56 Å². The van der Waals surface area contributed by atoms with Gasteiger partial charge >= 0.3 is 0 Å². The summed E-state index contributed by atoms with van der Waals surface area (Å²) in [5, 5.41) is 14.7. The van der Waals surface area contributed by atoms with Gasteiger partial charge in [0.2, 0.25) is 0 Å². The smallest absolute Gasteiger partial charge is 0.100 e. The minimum absolute atomic E-state index is 0.633. The molecule has 3 rings (SSSR count). The molecule has 0 aliphatic heterocycles. The van der Waals surface area contributed by atoms with E-state index < -0.39 is 0 Å². The van der Waals surface area contributed by atoms with Crippen LogP contribution in [-0.4, -0.2) is 0 Å². The van der Waals surface area contributed by atoms with E-state index in [1.54, 1.807) is 6.07 Å². The molecule has 0 atom stereocenters. The predicted molar refractivity (Wildman–Crippen MR) is 86.1 cm³/mol. The van der Waals surface area contributed by atoms with Crippen LogP contribution in [0.2, 0.25) is 0 Å². The maximum Gasteiger partial charge on any atom is 0.100 e. The molecular weight excluding hydrogens is 312 g/mol. The van der Waals surface area contributed by atoms with Gasteiger partial charge in [-0.1, -0.05) is 36.4 Å². The molecule has 0 aliphatic rings. The van der Waals surface area contributed by atoms with Crippen molar-refractivity contribution < 1.29 is 0 Å². The van der Waals surface area contributed by atoms with Crippen molar-refractivity contribution in [3.63, 3.8) is 0 Å². The van der Waals surface area contributed by atoms with Crippen molar-refractivity contribution in [2.24, 2.45) is 0 Å². The van der Waals surface area contributed by atoms with Crippen molar-refractivity contribution >= 4 is 38.1 Å². The van der Waals surface area contributed by atoms with E-state index >= 15 is 0 Å². The Hall–Kier alpha value is -2.31. The van der Waals surface area contributed by atoms with Gasteiger partial charge in [-0.05, 0) is 45.6 Å². The third kappa shape index (κ3) is 2.38. The molecule has 0 spiro atoms. The molecule has 3 aromatic rings. The lowest BCUT2D eigenvalue weighted by molar-refractivity contribution is 1.46. The Morgan fingerprint density at radius 2 is 1.75 bits per heavy atom. The van der Waals surface area contributed by atoms with Crippen molar-refractivity contribution in [1.29, 1.82) is 5.26 Å². The van der Waals surface area contributed by atoms with Crippen molar-refractivity contribution in [1.82, 2.24) is 0 Å². The van der Waals surface area contributed by atoms with Crippen LogP contribution in [0.3, 0.4) is 0 Å². The third-order valence-electron chi connectivity index (χ3n) is 3.16. The van der Waals surface area contributed by atoms with Crippen LogP contribution in [-0.2, 0) is 0 Å². The number of hydrogen-bond donors (Lipinski definition) is 1. The van der Waals surface area contributed by atoms with Crippen LogP contribution in [0.25, 0.3) is 10.8 Å². The van der Waals surface area contributed by atoms with E-state index in [0.717, 1.165) is 15.8 Å². The molecule has 0 unspecified atom stereocenters. The van der Waals surface area contributed by atoms with E-state index in [2.05, 4.69) is 51.6 Å². The Morgan fingerprint density at radius 1 is 0.950 bits per heavy atom. The van der Waals surface area contributed by atoms with E-state index in [1.165, 1.54) is 10.8 Å². The summed E-state index contributed by atoms with van der Waals surface area (Å²) < 4.78 is 0.797. The fraction of sp³-hybridized carbons (Fsp3) is 0. The molecule has 0 amide bonds. The van der Waals surface area contributed by atoms with Crippen molar-refractivity contribution in [3.8, 4) is 6.07 Å². The second-order valence-corrected chi connectivity index (χ2v) is 5.31. The first-order chi connectivity index (χ1) is 9.78. The topological polar surface area (TPSA) is 35.8 Å². The molecule has 0 bridgehead atoms. The highest BCUT2D eigenvalue weighted by Gasteiger charge is 2.03. The van der Waals surface area contributed by atoms with Crippen molar-refractivity contribution in [3.05, 3.63) is 70.7 Å². The van der Waals surface area contributed by atoms with Crippen LogP contribution in [0.1, 0.15) is 5.56 Å². The Bertz CT molecular complexity index is 813. The van der Waals surface area contributed by atoms with Crippen LogP contribution >= 0.6 is 15.9 Å². The predicted octanol–water partition coefficient (Wildman–Crippen LogP) is 5.22. The van der Waals surface area contributed by atoms with Crippen LogP contribution in [0.4, 0.5) is 11.4 Å². The summed E-state index contributed by atoms with van der Waals surface area (Å²) in [4.78, 5) is 0. The molecule has 20 heavy (non-hydrogen) atoms. The van der Waals surface area contributed by atoms with Gasteiger partial charge in [0, 0.05) is 21.2 Å². The summed E-state index contributed by atoms with van der Waals surface area (Å²) in [7, 11) is 0. The van der Waals surface area contributed by atoms with E-state index in [-0.39, 0.29) is 0 Å². The first-order valence-electron chi connectivity index (χ1n) is 6.22. The third-order valence-corrected chi connectivity index (χ3v) is 3.81. The highest BCUT2D eigenvalue weighted by molar-refractivity contribution is 9.10. The van der Waals surface area contributed by atoms with E-state index in [9.17, 15) is 0 Å². The fourth-order valence-corrected chi connectivity index (χ4v) is 2.64. The van der Waals surface area contributed by atoms with E-state index in [1.807, 2.05) is 30.3 Å². The zero-order valence-corrected chi connectivity index (χ0v) is 12.2. The van der Waals surface area contributed by atoms with Gasteiger partial charge in [0.05, 0.1) is 5.56 Å². The number of benzene rings is 3. The zero-order chi connectivity index (χ0) is 13.9. The zero-order valence-electron chi connectivity index (χ0n) is 10.6. The van der Waals surface area contributed by atoms with E-state index in [4.69, 9.17) is 5.26 Å². The van der Waals surface area contributed by atoms with Gasteiger partial charge in [-0.15, -0.1) is 0 Å². The lowest BCUT2D eigenvalue weighted by Crippen LogP contribution is -1.92. The molecule has 0 saturated carbocycles. The molecule has 2 nitrogen and oxygen atoms in total. The van der Waals surface area contributed by atoms with Gasteiger partial charge in [0.25, 0.3) is 0 Å². The number of fused-ring (bicyclic) bond motifs is 1. The second-order valence-electron chi connectivity index (χ2n) is 4.46. The highest BCUT2D eigenvalue weighted by Crippen LogP contribution is 2.28. The standard InChI is InChI=1S/C17H11BrN2/c18-16-10-14(9-8-13(16)11-19)20-17-7-3-5-12-4-1-2-6-15(12)17/h1-10,20H. The quantitative estimate of drug-likeness (QED) is 0.702. The molecular formula is C17H11BrN2. The minimum Gasteiger partial charge on any atom is -0.355 e. The lowest BCUT2D eigenvalue weighted by atomic mass is 10.1. The summed E-state index contributed by atoms with van der Waals surface area (Å²) in [6.07, 6.45) is 0. The summed E-state index contributed by atoms with van der Waals surface area (Å²) in [5.41, 5.74) is 2.64. The molecule has 0 aliphatic carbocycles. The Morgan fingerprint density at radius 3 is 2.55 bits per heavy atom. The number of halogens is 1. The van der Waals surface area contributed by atoms with Crippen molar-refractivity contribution in [2.45, 2.75) is 0 Å². The monoisotopic (exact) mass is 322 g/mol. The maximum atomic E-state index is 8.94. The molecule has 96 valence electrons. The largest absolute Gasteiger partial charge is 0.355 e. The Kier molecular flexibility index (Phi) is 3.41. The first-order valence-corrected chi connectivity index (χ1v) is 7.01. The number of nitrogens with one attached hydrogen (secondary N) is 1. The molecule has 3 heteroatoms. The molecule has 3 aromatic carbocycles. The maximum absolute atomic E-state index is 8.94. The van der Waals surface area contributed by atoms with Gasteiger partial charge in [0.1, 0.15) is 6.07 Å². The van der Waals surface area contributed by atoms with Gasteiger partial charge in [-0.3, -0.25) is 0 Å². The molecule has 0 radical (unpaired) electrons. The van der Waals surface area contributed by atoms with Gasteiger partial charge in [-0.25, -0.2) is 0 Å². The number of hydrogen-bond acceptors (Lipinski definition) is 2. The highest BCUT2D eigenvalue weighted by atomic mass is 79.9. The number of anilines is 2. The Balaban J connectivity index is 2.02. The lowest BCUT2D eigenvalue weighted by Gasteiger charge is -2.10. The molecule has 0 heterocycles. The first kappa shape index (κ1) is 12.7. The van der Waals surface area contributed by atoms with Gasteiger partial charge in [-0.2, -0.15) is 5.26 Å². The number of nitrogens with zero attached hydrogens (tertiary/aromatic N) is 1. The molecule has 1 N–H and O–H groups in total. The average Bonchev–Trinajstić information content (AvgIpc) is 2.48. The average molecular weight is 323 g/mol. The molecule has 0 fully saturated rings. The van der Waals surface area contributed by atoms with Crippen LogP contribution in [0.5, 0.6) is 0 Å². The summed E-state index contributed by atoms with van der Waals surface area (Å²) in [6, 6.07) is 22.2. The summed E-state index contributed by atoms with van der Waals surface area (Å²) in [6.45, 7) is 0. The second kappa shape index (κ2) is 5.36. The van der Waals surface area contributed by atoms with Gasteiger partial charge in [0.15, 0.2) is 0 Å².